The molecule has 1 atom stereocenters. The highest BCUT2D eigenvalue weighted by Gasteiger charge is 2.46. The summed E-state index contributed by atoms with van der Waals surface area (Å²) in [6.07, 6.45) is -3.68. The molecule has 1 heterocycles. The Morgan fingerprint density at radius 1 is 1.33 bits per heavy atom. The van der Waals surface area contributed by atoms with Crippen molar-refractivity contribution in [3.8, 4) is 0 Å². The number of nitrogens with zero attached hydrogens (tertiary/aromatic N) is 2. The zero-order chi connectivity index (χ0) is 18.4. The molecule has 1 aromatic heterocycles. The van der Waals surface area contributed by atoms with Gasteiger partial charge in [0.25, 0.3) is 5.91 Å². The monoisotopic (exact) mass is 369 g/mol. The number of amides is 1. The third-order valence-electron chi connectivity index (χ3n) is 2.69. The number of carbonyl (C=O) groups is 1. The SMILES string of the molecule is CCOCCOC(O)(C(=O)NC(C)C)c1nnc(C(F)(F)OC)s1. The summed E-state index contributed by atoms with van der Waals surface area (Å²) < 4.78 is 41.2. The first kappa shape index (κ1) is 20.8. The van der Waals surface area contributed by atoms with Crippen molar-refractivity contribution in [3.05, 3.63) is 10.0 Å². The Labute approximate surface area is 142 Å². The van der Waals surface area contributed by atoms with Crippen LogP contribution in [0.5, 0.6) is 0 Å². The molecule has 0 aliphatic heterocycles. The fraction of sp³-hybridized carbons (Fsp3) is 0.769. The lowest BCUT2D eigenvalue weighted by atomic mass is 10.2. The molecule has 8 nitrogen and oxygen atoms in total. The van der Waals surface area contributed by atoms with Crippen LogP contribution >= 0.6 is 11.3 Å². The van der Waals surface area contributed by atoms with Crippen molar-refractivity contribution in [1.82, 2.24) is 15.5 Å². The molecule has 1 unspecified atom stereocenters. The van der Waals surface area contributed by atoms with Crippen LogP contribution in [0.4, 0.5) is 8.78 Å². The van der Waals surface area contributed by atoms with E-state index in [0.717, 1.165) is 7.11 Å². The molecule has 0 aliphatic rings. The highest BCUT2D eigenvalue weighted by Crippen LogP contribution is 2.34. The Bertz CT molecular complexity index is 543. The van der Waals surface area contributed by atoms with Crippen molar-refractivity contribution >= 4 is 17.2 Å². The maximum atomic E-state index is 13.5. The van der Waals surface area contributed by atoms with E-state index in [-0.39, 0.29) is 19.3 Å². The van der Waals surface area contributed by atoms with Gasteiger partial charge in [0, 0.05) is 19.8 Å². The van der Waals surface area contributed by atoms with E-state index in [0.29, 0.717) is 17.9 Å². The summed E-state index contributed by atoms with van der Waals surface area (Å²) in [5.41, 5.74) is 0. The van der Waals surface area contributed by atoms with Gasteiger partial charge < -0.3 is 24.6 Å². The number of aliphatic hydroxyl groups is 1. The molecular weight excluding hydrogens is 348 g/mol. The lowest BCUT2D eigenvalue weighted by molar-refractivity contribution is -0.231. The van der Waals surface area contributed by atoms with Crippen molar-refractivity contribution < 1.29 is 32.9 Å². The minimum absolute atomic E-state index is 0.105. The molecule has 0 aliphatic carbocycles. The van der Waals surface area contributed by atoms with Gasteiger partial charge in [-0.1, -0.05) is 11.3 Å². The summed E-state index contributed by atoms with van der Waals surface area (Å²) in [4.78, 5) is 12.3. The number of aromatic nitrogens is 2. The van der Waals surface area contributed by atoms with Crippen molar-refractivity contribution in [2.24, 2.45) is 0 Å². The second-order valence-electron chi connectivity index (χ2n) is 4.95. The predicted octanol–water partition coefficient (Wildman–Crippen LogP) is 0.957. The fourth-order valence-corrected chi connectivity index (χ4v) is 2.38. The van der Waals surface area contributed by atoms with Crippen LogP contribution in [0, 0.1) is 0 Å². The highest BCUT2D eigenvalue weighted by molar-refractivity contribution is 7.11. The summed E-state index contributed by atoms with van der Waals surface area (Å²) in [5.74, 6) is -3.49. The van der Waals surface area contributed by atoms with E-state index in [9.17, 15) is 18.7 Å². The number of carbonyl (C=O) groups excluding carboxylic acids is 1. The third-order valence-corrected chi connectivity index (χ3v) is 3.75. The van der Waals surface area contributed by atoms with Gasteiger partial charge in [0.1, 0.15) is 0 Å². The molecule has 0 aromatic carbocycles. The van der Waals surface area contributed by atoms with Gasteiger partial charge in [-0.2, -0.15) is 8.78 Å². The summed E-state index contributed by atoms with van der Waals surface area (Å²) in [6.45, 7) is 5.48. The molecule has 2 N–H and O–H groups in total. The second-order valence-corrected chi connectivity index (χ2v) is 5.93. The molecule has 0 spiro atoms. The first-order valence-electron chi connectivity index (χ1n) is 7.19. The summed E-state index contributed by atoms with van der Waals surface area (Å²) in [6, 6.07) is -0.313. The molecule has 1 aromatic rings. The molecular formula is C13H21F2N3O5S. The lowest BCUT2D eigenvalue weighted by Crippen LogP contribution is -2.49. The Kier molecular flexibility index (Phi) is 7.55. The van der Waals surface area contributed by atoms with Gasteiger partial charge in [0.05, 0.1) is 13.2 Å². The van der Waals surface area contributed by atoms with E-state index in [1.807, 2.05) is 0 Å². The van der Waals surface area contributed by atoms with E-state index in [4.69, 9.17) is 9.47 Å². The molecule has 138 valence electrons. The largest absolute Gasteiger partial charge is 0.411 e. The summed E-state index contributed by atoms with van der Waals surface area (Å²) >= 11 is 0.317. The number of nitrogens with one attached hydrogen (secondary N) is 1. The van der Waals surface area contributed by atoms with Crippen LogP contribution in [-0.2, 0) is 30.9 Å². The number of alkyl halides is 2. The fourth-order valence-electron chi connectivity index (χ4n) is 1.54. The Morgan fingerprint density at radius 2 is 1.96 bits per heavy atom. The van der Waals surface area contributed by atoms with Gasteiger partial charge in [-0.05, 0) is 20.8 Å². The first-order valence-corrected chi connectivity index (χ1v) is 8.01. The van der Waals surface area contributed by atoms with Crippen LogP contribution in [-0.4, -0.2) is 54.2 Å². The minimum atomic E-state index is -3.68. The van der Waals surface area contributed by atoms with Gasteiger partial charge in [-0.15, -0.1) is 10.2 Å². The van der Waals surface area contributed by atoms with Gasteiger partial charge in [-0.3, -0.25) is 4.79 Å². The lowest BCUT2D eigenvalue weighted by Gasteiger charge is -2.25. The first-order chi connectivity index (χ1) is 11.2. The van der Waals surface area contributed by atoms with E-state index in [1.54, 1.807) is 20.8 Å². The molecule has 1 rings (SSSR count). The molecule has 1 amide bonds. The molecule has 0 radical (unpaired) electrons. The number of ether oxygens (including phenoxy) is 3. The van der Waals surface area contributed by atoms with Crippen LogP contribution in [0.1, 0.15) is 30.8 Å². The standard InChI is InChI=1S/C13H21F2N3O5S/c1-5-22-6-7-23-12(20,9(19)16-8(2)3)10-17-18-11(24-10)13(14,15)21-4/h8,20H,5-7H2,1-4H3,(H,16,19). The van der Waals surface area contributed by atoms with E-state index < -0.39 is 27.8 Å². The molecule has 0 saturated carbocycles. The van der Waals surface area contributed by atoms with Gasteiger partial charge in [0.2, 0.25) is 5.01 Å². The van der Waals surface area contributed by atoms with E-state index in [2.05, 4.69) is 20.3 Å². The summed E-state index contributed by atoms with van der Waals surface area (Å²) in [7, 11) is 0.803. The number of hydrogen-bond donors (Lipinski definition) is 2. The number of hydrogen-bond acceptors (Lipinski definition) is 8. The van der Waals surface area contributed by atoms with Crippen molar-refractivity contribution in [2.75, 3.05) is 26.9 Å². The van der Waals surface area contributed by atoms with Crippen LogP contribution in [0.25, 0.3) is 0 Å². The molecule has 11 heteroatoms. The molecule has 0 fully saturated rings. The molecule has 24 heavy (non-hydrogen) atoms. The molecule has 0 saturated heterocycles. The second kappa shape index (κ2) is 8.72. The van der Waals surface area contributed by atoms with Crippen LogP contribution in [0.3, 0.4) is 0 Å². The van der Waals surface area contributed by atoms with E-state index in [1.165, 1.54) is 0 Å². The van der Waals surface area contributed by atoms with Crippen LogP contribution < -0.4 is 5.32 Å². The Morgan fingerprint density at radius 3 is 2.50 bits per heavy atom. The zero-order valence-corrected chi connectivity index (χ0v) is 14.7. The topological polar surface area (TPSA) is 103 Å². The smallest absolute Gasteiger partial charge is 0.379 e. The highest BCUT2D eigenvalue weighted by atomic mass is 32.1. The maximum absolute atomic E-state index is 13.5. The van der Waals surface area contributed by atoms with Crippen molar-refractivity contribution in [3.63, 3.8) is 0 Å². The van der Waals surface area contributed by atoms with Crippen LogP contribution in [0.2, 0.25) is 0 Å². The van der Waals surface area contributed by atoms with Gasteiger partial charge in [0.15, 0.2) is 5.01 Å². The normalized spacial score (nSPS) is 14.7. The van der Waals surface area contributed by atoms with Crippen molar-refractivity contribution in [1.29, 1.82) is 0 Å². The zero-order valence-electron chi connectivity index (χ0n) is 13.8. The van der Waals surface area contributed by atoms with Crippen LogP contribution in [0.15, 0.2) is 0 Å². The number of rotatable bonds is 10. The Hall–Kier alpha value is -1.27. The van der Waals surface area contributed by atoms with Gasteiger partial charge >= 0.3 is 11.9 Å². The quantitative estimate of drug-likeness (QED) is 0.468. The van der Waals surface area contributed by atoms with Crippen molar-refractivity contribution in [2.45, 2.75) is 38.7 Å². The summed E-state index contributed by atoms with van der Waals surface area (Å²) in [5, 5.41) is 18.5. The van der Waals surface area contributed by atoms with Gasteiger partial charge in [-0.25, -0.2) is 0 Å². The van der Waals surface area contributed by atoms with E-state index >= 15 is 0 Å². The average molecular weight is 369 g/mol. The average Bonchev–Trinajstić information content (AvgIpc) is 3.02. The minimum Gasteiger partial charge on any atom is -0.379 e. The number of halogens is 2. The predicted molar refractivity (Wildman–Crippen MR) is 80.4 cm³/mol. The molecule has 0 bridgehead atoms. The Balaban J connectivity index is 3.06. The maximum Gasteiger partial charge on any atom is 0.411 e. The third kappa shape index (κ3) is 5.11. The number of methoxy groups -OCH3 is 1.